The van der Waals surface area contributed by atoms with E-state index >= 15 is 0 Å². The smallest absolute Gasteiger partial charge is 0.157 e. The van der Waals surface area contributed by atoms with Crippen LogP contribution in [0.5, 0.6) is 0 Å². The molecule has 0 saturated heterocycles. The molecule has 1 nitrogen and oxygen atoms in total. The van der Waals surface area contributed by atoms with Gasteiger partial charge in [-0.1, -0.05) is 27.4 Å². The standard InChI is InChI=1S/C7H12O.CH4/c1-4-5-7(8)6(2)3;/h4-6H,1-3H3;1H4/b5-4+;. The quantitative estimate of drug-likeness (QED) is 0.522. The Morgan fingerprint density at radius 2 is 1.89 bits per heavy atom. The van der Waals surface area contributed by atoms with E-state index in [4.69, 9.17) is 0 Å². The predicted octanol–water partition coefficient (Wildman–Crippen LogP) is 2.42. The lowest BCUT2D eigenvalue weighted by atomic mass is 10.1. The zero-order valence-electron chi connectivity index (χ0n) is 5.64. The maximum atomic E-state index is 10.7. The molecule has 54 valence electrons. The molecule has 0 aromatic carbocycles. The Morgan fingerprint density at radius 1 is 1.44 bits per heavy atom. The summed E-state index contributed by atoms with van der Waals surface area (Å²) in [7, 11) is 0. The van der Waals surface area contributed by atoms with Gasteiger partial charge in [0.25, 0.3) is 0 Å². The molecule has 9 heavy (non-hydrogen) atoms. The summed E-state index contributed by atoms with van der Waals surface area (Å²) in [4.78, 5) is 10.7. The SMILES string of the molecule is C.C/C=C/C(=O)C(C)C. The van der Waals surface area contributed by atoms with Gasteiger partial charge in [-0.3, -0.25) is 4.79 Å². The molecular formula is C8H16O. The highest BCUT2D eigenvalue weighted by atomic mass is 16.1. The second-order valence-corrected chi connectivity index (χ2v) is 2.06. The maximum absolute atomic E-state index is 10.7. The van der Waals surface area contributed by atoms with Gasteiger partial charge in [0, 0.05) is 5.92 Å². The van der Waals surface area contributed by atoms with Gasteiger partial charge < -0.3 is 0 Å². The van der Waals surface area contributed by atoms with Gasteiger partial charge in [0.15, 0.2) is 5.78 Å². The van der Waals surface area contributed by atoms with Crippen molar-refractivity contribution in [1.29, 1.82) is 0 Å². The number of hydrogen-bond acceptors (Lipinski definition) is 1. The molecule has 0 fully saturated rings. The van der Waals surface area contributed by atoms with E-state index in [1.165, 1.54) is 0 Å². The molecular weight excluding hydrogens is 112 g/mol. The summed E-state index contributed by atoms with van der Waals surface area (Å²) in [6.45, 7) is 5.63. The molecule has 0 unspecified atom stereocenters. The summed E-state index contributed by atoms with van der Waals surface area (Å²) in [5, 5.41) is 0. The number of rotatable bonds is 2. The number of carbonyl (C=O) groups excluding carboxylic acids is 1. The van der Waals surface area contributed by atoms with Gasteiger partial charge in [-0.2, -0.15) is 0 Å². The lowest BCUT2D eigenvalue weighted by Crippen LogP contribution is -2.01. The lowest BCUT2D eigenvalue weighted by Gasteiger charge is -1.93. The molecule has 0 aromatic heterocycles. The average molecular weight is 128 g/mol. The highest BCUT2D eigenvalue weighted by molar-refractivity contribution is 5.90. The predicted molar refractivity (Wildman–Crippen MR) is 41.4 cm³/mol. The van der Waals surface area contributed by atoms with E-state index in [9.17, 15) is 4.79 Å². The van der Waals surface area contributed by atoms with Crippen LogP contribution in [0.25, 0.3) is 0 Å². The van der Waals surface area contributed by atoms with E-state index in [-0.39, 0.29) is 19.1 Å². The molecule has 0 saturated carbocycles. The first-order chi connectivity index (χ1) is 3.68. The minimum Gasteiger partial charge on any atom is -0.295 e. The van der Waals surface area contributed by atoms with Crippen LogP contribution in [0.15, 0.2) is 12.2 Å². The van der Waals surface area contributed by atoms with Gasteiger partial charge in [0.2, 0.25) is 0 Å². The van der Waals surface area contributed by atoms with Crippen molar-refractivity contribution in [2.24, 2.45) is 5.92 Å². The molecule has 0 rings (SSSR count). The van der Waals surface area contributed by atoms with Crippen LogP contribution in [0.3, 0.4) is 0 Å². The number of ketones is 1. The van der Waals surface area contributed by atoms with Crippen molar-refractivity contribution in [3.05, 3.63) is 12.2 Å². The molecule has 0 aliphatic rings. The van der Waals surface area contributed by atoms with Crippen molar-refractivity contribution in [1.82, 2.24) is 0 Å². The van der Waals surface area contributed by atoms with Crippen LogP contribution in [-0.4, -0.2) is 5.78 Å². The first-order valence-electron chi connectivity index (χ1n) is 2.85. The van der Waals surface area contributed by atoms with Gasteiger partial charge in [-0.25, -0.2) is 0 Å². The fraction of sp³-hybridized carbons (Fsp3) is 0.625. The molecule has 0 aliphatic heterocycles. The zero-order chi connectivity index (χ0) is 6.57. The van der Waals surface area contributed by atoms with Crippen molar-refractivity contribution >= 4 is 5.78 Å². The van der Waals surface area contributed by atoms with Crippen molar-refractivity contribution in [2.45, 2.75) is 28.2 Å². The van der Waals surface area contributed by atoms with Crippen LogP contribution in [-0.2, 0) is 4.79 Å². The summed E-state index contributed by atoms with van der Waals surface area (Å²) in [6.07, 6.45) is 3.37. The normalized spacial score (nSPS) is 9.78. The molecule has 0 N–H and O–H groups in total. The third-order valence-electron chi connectivity index (χ3n) is 0.900. The molecule has 0 spiro atoms. The van der Waals surface area contributed by atoms with Gasteiger partial charge in [-0.15, -0.1) is 0 Å². The summed E-state index contributed by atoms with van der Waals surface area (Å²) in [6, 6.07) is 0. The van der Waals surface area contributed by atoms with Gasteiger partial charge in [-0.05, 0) is 13.0 Å². The topological polar surface area (TPSA) is 17.1 Å². The minimum absolute atomic E-state index is 0. The number of allylic oxidation sites excluding steroid dienone is 2. The van der Waals surface area contributed by atoms with E-state index in [0.717, 1.165) is 0 Å². The number of carbonyl (C=O) groups is 1. The Balaban J connectivity index is 0. The Kier molecular flexibility index (Phi) is 6.92. The highest BCUT2D eigenvalue weighted by Gasteiger charge is 1.99. The largest absolute Gasteiger partial charge is 0.295 e. The molecule has 0 atom stereocenters. The van der Waals surface area contributed by atoms with Crippen molar-refractivity contribution < 1.29 is 4.79 Å². The number of hydrogen-bond donors (Lipinski definition) is 0. The molecule has 1 heteroatoms. The summed E-state index contributed by atoms with van der Waals surface area (Å²) in [5.41, 5.74) is 0. The first-order valence-corrected chi connectivity index (χ1v) is 2.85. The van der Waals surface area contributed by atoms with Crippen molar-refractivity contribution in [3.8, 4) is 0 Å². The van der Waals surface area contributed by atoms with Crippen LogP contribution < -0.4 is 0 Å². The monoisotopic (exact) mass is 128 g/mol. The Morgan fingerprint density at radius 3 is 2.00 bits per heavy atom. The van der Waals surface area contributed by atoms with Crippen molar-refractivity contribution in [3.63, 3.8) is 0 Å². The van der Waals surface area contributed by atoms with E-state index in [1.807, 2.05) is 20.8 Å². The fourth-order valence-corrected chi connectivity index (χ4v) is 0.357. The van der Waals surface area contributed by atoms with Crippen LogP contribution >= 0.6 is 0 Å². The van der Waals surface area contributed by atoms with Crippen LogP contribution in [0, 0.1) is 5.92 Å². The van der Waals surface area contributed by atoms with Crippen molar-refractivity contribution in [2.75, 3.05) is 0 Å². The van der Waals surface area contributed by atoms with E-state index in [0.29, 0.717) is 0 Å². The lowest BCUT2D eigenvalue weighted by molar-refractivity contribution is -0.117. The van der Waals surface area contributed by atoms with Gasteiger partial charge in [0.05, 0.1) is 0 Å². The zero-order valence-corrected chi connectivity index (χ0v) is 5.64. The Hall–Kier alpha value is -0.590. The highest BCUT2D eigenvalue weighted by Crippen LogP contribution is 1.93. The third kappa shape index (κ3) is 5.28. The van der Waals surface area contributed by atoms with Gasteiger partial charge in [0.1, 0.15) is 0 Å². The third-order valence-corrected chi connectivity index (χ3v) is 0.900. The maximum Gasteiger partial charge on any atom is 0.157 e. The van der Waals surface area contributed by atoms with Crippen LogP contribution in [0.4, 0.5) is 0 Å². The molecule has 0 amide bonds. The first kappa shape index (κ1) is 11.2. The molecule has 0 aliphatic carbocycles. The fourth-order valence-electron chi connectivity index (χ4n) is 0.357. The van der Waals surface area contributed by atoms with Gasteiger partial charge >= 0.3 is 0 Å². The second kappa shape index (κ2) is 5.54. The molecule has 0 radical (unpaired) electrons. The Bertz CT molecular complexity index is 101. The molecule has 0 heterocycles. The molecule has 0 bridgehead atoms. The van der Waals surface area contributed by atoms with Crippen LogP contribution in [0.1, 0.15) is 28.2 Å². The van der Waals surface area contributed by atoms with E-state index in [1.54, 1.807) is 12.2 Å². The Labute approximate surface area is 57.8 Å². The minimum atomic E-state index is 0. The second-order valence-electron chi connectivity index (χ2n) is 2.06. The summed E-state index contributed by atoms with van der Waals surface area (Å²) in [5.74, 6) is 0.346. The summed E-state index contributed by atoms with van der Waals surface area (Å²) >= 11 is 0. The van der Waals surface area contributed by atoms with E-state index in [2.05, 4.69) is 0 Å². The molecule has 0 aromatic rings. The summed E-state index contributed by atoms with van der Waals surface area (Å²) < 4.78 is 0. The average Bonchev–Trinajstić information content (AvgIpc) is 1.67. The van der Waals surface area contributed by atoms with Crippen LogP contribution in [0.2, 0.25) is 0 Å². The van der Waals surface area contributed by atoms with E-state index < -0.39 is 0 Å².